The first-order valence-electron chi connectivity index (χ1n) is 10.5. The molecule has 0 spiro atoms. The van der Waals surface area contributed by atoms with Crippen molar-refractivity contribution < 1.29 is 19.4 Å². The van der Waals surface area contributed by atoms with Crippen LogP contribution < -0.4 is 14.8 Å². The number of carboxylic acids is 1. The van der Waals surface area contributed by atoms with Gasteiger partial charge in [-0.1, -0.05) is 26.0 Å². The van der Waals surface area contributed by atoms with Gasteiger partial charge in [-0.2, -0.15) is 0 Å². The fourth-order valence-corrected chi connectivity index (χ4v) is 3.17. The Bertz CT molecular complexity index is 1020. The third-order valence-corrected chi connectivity index (χ3v) is 5.10. The van der Waals surface area contributed by atoms with Gasteiger partial charge in [-0.3, -0.25) is 0 Å². The van der Waals surface area contributed by atoms with E-state index in [9.17, 15) is 9.90 Å². The Kier molecular flexibility index (Phi) is 7.99. The van der Waals surface area contributed by atoms with Crippen LogP contribution in [0.1, 0.15) is 24.2 Å². The molecule has 0 radical (unpaired) electrons. The van der Waals surface area contributed by atoms with Gasteiger partial charge in [0.25, 0.3) is 0 Å². The molecular weight excluding hydrogens is 408 g/mol. The molecule has 0 saturated carbocycles. The van der Waals surface area contributed by atoms with E-state index in [1.165, 1.54) is 6.07 Å². The smallest absolute Gasteiger partial charge is 0.339 e. The molecular formula is C24H28N4O4. The molecule has 1 aromatic heterocycles. The Balaban J connectivity index is 1.71. The van der Waals surface area contributed by atoms with Gasteiger partial charge >= 0.3 is 5.97 Å². The third-order valence-electron chi connectivity index (χ3n) is 5.10. The predicted octanol–water partition coefficient (Wildman–Crippen LogP) is 4.31. The molecule has 168 valence electrons. The minimum atomic E-state index is -1.03. The van der Waals surface area contributed by atoms with Gasteiger partial charge < -0.3 is 24.8 Å². The Morgan fingerprint density at radius 3 is 2.31 bits per heavy atom. The average molecular weight is 437 g/mol. The number of hydrogen-bond donors (Lipinski definition) is 2. The Morgan fingerprint density at radius 2 is 1.72 bits per heavy atom. The van der Waals surface area contributed by atoms with Crippen molar-refractivity contribution in [1.82, 2.24) is 14.9 Å². The summed E-state index contributed by atoms with van der Waals surface area (Å²) in [4.78, 5) is 22.5. The summed E-state index contributed by atoms with van der Waals surface area (Å²) in [6.07, 6.45) is 3.45. The zero-order valence-electron chi connectivity index (χ0n) is 18.5. The second-order valence-corrected chi connectivity index (χ2v) is 7.04. The van der Waals surface area contributed by atoms with Gasteiger partial charge in [-0.05, 0) is 42.9 Å². The summed E-state index contributed by atoms with van der Waals surface area (Å²) in [5.41, 5.74) is 2.61. The van der Waals surface area contributed by atoms with Crippen LogP contribution in [0.4, 0.5) is 11.6 Å². The quantitative estimate of drug-likeness (QED) is 0.459. The second-order valence-electron chi connectivity index (χ2n) is 7.04. The first kappa shape index (κ1) is 23.0. The molecule has 1 heterocycles. The lowest BCUT2D eigenvalue weighted by atomic mass is 10.1. The molecule has 0 atom stereocenters. The van der Waals surface area contributed by atoms with E-state index < -0.39 is 5.97 Å². The molecule has 2 N–H and O–H groups in total. The SMILES string of the molecule is CCN(CC)CCOc1cc(Nc2ncc(-c3ccc(OC)cc3)cn2)ccc1C(=O)O. The predicted molar refractivity (Wildman–Crippen MR) is 124 cm³/mol. The van der Waals surface area contributed by atoms with E-state index in [1.54, 1.807) is 31.6 Å². The number of anilines is 2. The van der Waals surface area contributed by atoms with Crippen molar-refractivity contribution in [3.8, 4) is 22.6 Å². The fourth-order valence-electron chi connectivity index (χ4n) is 3.17. The number of carbonyl (C=O) groups is 1. The highest BCUT2D eigenvalue weighted by molar-refractivity contribution is 5.91. The number of ether oxygens (including phenoxy) is 2. The van der Waals surface area contributed by atoms with Crippen molar-refractivity contribution in [2.45, 2.75) is 13.8 Å². The highest BCUT2D eigenvalue weighted by atomic mass is 16.5. The molecule has 0 bridgehead atoms. The number of methoxy groups -OCH3 is 1. The van der Waals surface area contributed by atoms with Crippen LogP contribution in [-0.2, 0) is 0 Å². The molecule has 32 heavy (non-hydrogen) atoms. The summed E-state index contributed by atoms with van der Waals surface area (Å²) >= 11 is 0. The number of hydrogen-bond acceptors (Lipinski definition) is 7. The van der Waals surface area contributed by atoms with E-state index in [4.69, 9.17) is 9.47 Å². The fraction of sp³-hybridized carbons (Fsp3) is 0.292. The van der Waals surface area contributed by atoms with Crippen LogP contribution in [0.2, 0.25) is 0 Å². The summed E-state index contributed by atoms with van der Waals surface area (Å²) in [7, 11) is 1.63. The van der Waals surface area contributed by atoms with Crippen LogP contribution in [0.3, 0.4) is 0 Å². The number of aromatic carboxylic acids is 1. The van der Waals surface area contributed by atoms with Crippen molar-refractivity contribution in [2.24, 2.45) is 0 Å². The molecule has 3 aromatic rings. The number of carboxylic acid groups (broad SMARTS) is 1. The van der Waals surface area contributed by atoms with Gasteiger partial charge in [0.1, 0.15) is 23.7 Å². The monoisotopic (exact) mass is 436 g/mol. The highest BCUT2D eigenvalue weighted by Gasteiger charge is 2.13. The molecule has 0 aliphatic rings. The first-order valence-corrected chi connectivity index (χ1v) is 10.5. The molecule has 2 aromatic carbocycles. The zero-order chi connectivity index (χ0) is 22.9. The number of nitrogens with zero attached hydrogens (tertiary/aromatic N) is 3. The maximum absolute atomic E-state index is 11.6. The van der Waals surface area contributed by atoms with Crippen molar-refractivity contribution >= 4 is 17.6 Å². The minimum absolute atomic E-state index is 0.117. The van der Waals surface area contributed by atoms with Crippen LogP contribution >= 0.6 is 0 Å². The summed E-state index contributed by atoms with van der Waals surface area (Å²) in [5.74, 6) is 0.464. The molecule has 0 aliphatic carbocycles. The van der Waals surface area contributed by atoms with E-state index in [0.717, 1.165) is 36.5 Å². The number of aromatic nitrogens is 2. The molecule has 0 aliphatic heterocycles. The highest BCUT2D eigenvalue weighted by Crippen LogP contribution is 2.26. The summed E-state index contributed by atoms with van der Waals surface area (Å²) in [6.45, 7) is 7.11. The van der Waals surface area contributed by atoms with Crippen LogP contribution in [0.25, 0.3) is 11.1 Å². The molecule has 0 fully saturated rings. The van der Waals surface area contributed by atoms with Gasteiger partial charge in [0, 0.05) is 36.3 Å². The average Bonchev–Trinajstić information content (AvgIpc) is 2.82. The lowest BCUT2D eigenvalue weighted by Gasteiger charge is -2.19. The molecule has 0 amide bonds. The van der Waals surface area contributed by atoms with Crippen molar-refractivity contribution in [3.05, 3.63) is 60.4 Å². The van der Waals surface area contributed by atoms with E-state index in [-0.39, 0.29) is 5.56 Å². The largest absolute Gasteiger partial charge is 0.497 e. The minimum Gasteiger partial charge on any atom is -0.497 e. The van der Waals surface area contributed by atoms with Crippen molar-refractivity contribution in [1.29, 1.82) is 0 Å². The Morgan fingerprint density at radius 1 is 1.03 bits per heavy atom. The number of likely N-dealkylation sites (N-methyl/N-ethyl adjacent to an activating group) is 1. The first-order chi connectivity index (χ1) is 15.5. The molecule has 0 saturated heterocycles. The Labute approximate surface area is 187 Å². The van der Waals surface area contributed by atoms with Crippen LogP contribution in [0.5, 0.6) is 11.5 Å². The van der Waals surface area contributed by atoms with E-state index in [2.05, 4.69) is 34.0 Å². The van der Waals surface area contributed by atoms with E-state index in [1.807, 2.05) is 24.3 Å². The number of nitrogens with one attached hydrogen (secondary N) is 1. The second kappa shape index (κ2) is 11.1. The van der Waals surface area contributed by atoms with E-state index in [0.29, 0.717) is 24.0 Å². The summed E-state index contributed by atoms with van der Waals surface area (Å²) in [5, 5.41) is 12.6. The van der Waals surface area contributed by atoms with Crippen LogP contribution in [0, 0.1) is 0 Å². The molecule has 8 heteroatoms. The molecule has 0 unspecified atom stereocenters. The van der Waals surface area contributed by atoms with Gasteiger partial charge in [0.05, 0.1) is 7.11 Å². The standard InChI is InChI=1S/C24H28N4O4/c1-4-28(5-2)12-13-32-22-14-19(8-11-21(22)23(29)30)27-24-25-15-18(16-26-24)17-6-9-20(31-3)10-7-17/h6-11,14-16H,4-5,12-13H2,1-3H3,(H,29,30)(H,25,26,27). The molecule has 8 nitrogen and oxygen atoms in total. The lowest BCUT2D eigenvalue weighted by Crippen LogP contribution is -2.28. The summed E-state index contributed by atoms with van der Waals surface area (Å²) < 4.78 is 11.0. The topological polar surface area (TPSA) is 96.8 Å². The summed E-state index contributed by atoms with van der Waals surface area (Å²) in [6, 6.07) is 12.5. The number of rotatable bonds is 11. The lowest BCUT2D eigenvalue weighted by molar-refractivity contribution is 0.0691. The van der Waals surface area contributed by atoms with Gasteiger partial charge in [0.2, 0.25) is 5.95 Å². The van der Waals surface area contributed by atoms with Crippen LogP contribution in [-0.4, -0.2) is 59.3 Å². The zero-order valence-corrected chi connectivity index (χ0v) is 18.5. The third kappa shape index (κ3) is 5.95. The molecule has 3 rings (SSSR count). The van der Waals surface area contributed by atoms with Gasteiger partial charge in [-0.25, -0.2) is 14.8 Å². The van der Waals surface area contributed by atoms with Gasteiger partial charge in [0.15, 0.2) is 0 Å². The maximum Gasteiger partial charge on any atom is 0.339 e. The van der Waals surface area contributed by atoms with Gasteiger partial charge in [-0.15, -0.1) is 0 Å². The normalized spacial score (nSPS) is 10.8. The van der Waals surface area contributed by atoms with Crippen molar-refractivity contribution in [3.63, 3.8) is 0 Å². The van der Waals surface area contributed by atoms with Crippen molar-refractivity contribution in [2.75, 3.05) is 38.7 Å². The van der Waals surface area contributed by atoms with Crippen LogP contribution in [0.15, 0.2) is 54.9 Å². The van der Waals surface area contributed by atoms with E-state index >= 15 is 0 Å². The Hall–Kier alpha value is -3.65. The number of benzene rings is 2. The maximum atomic E-state index is 11.6.